The molecule has 1 amide bonds. The molecule has 1 fully saturated rings. The number of carbonyl (C=O) groups is 1. The van der Waals surface area contributed by atoms with E-state index in [-0.39, 0.29) is 29.4 Å². The van der Waals surface area contributed by atoms with Crippen molar-refractivity contribution in [2.45, 2.75) is 49.8 Å². The first-order chi connectivity index (χ1) is 17.8. The van der Waals surface area contributed by atoms with Gasteiger partial charge in [0.25, 0.3) is 5.91 Å². The Morgan fingerprint density at radius 2 is 1.68 bits per heavy atom. The molecule has 3 aromatic carbocycles. The number of amides is 1. The van der Waals surface area contributed by atoms with Gasteiger partial charge in [-0.1, -0.05) is 54.6 Å². The van der Waals surface area contributed by atoms with Crippen LogP contribution in [0.4, 0.5) is 4.39 Å². The molecule has 0 N–H and O–H groups in total. The largest absolute Gasteiger partial charge is 0.330 e. The van der Waals surface area contributed by atoms with Crippen LogP contribution in [0.1, 0.15) is 45.6 Å². The van der Waals surface area contributed by atoms with E-state index < -0.39 is 15.7 Å². The summed E-state index contributed by atoms with van der Waals surface area (Å²) in [6.45, 7) is 2.41. The van der Waals surface area contributed by atoms with E-state index in [2.05, 4.69) is 4.98 Å². The molecule has 0 saturated heterocycles. The van der Waals surface area contributed by atoms with Gasteiger partial charge in [-0.2, -0.15) is 0 Å². The van der Waals surface area contributed by atoms with E-state index >= 15 is 0 Å². The molecule has 8 heteroatoms. The second-order valence-corrected chi connectivity index (χ2v) is 11.3. The summed E-state index contributed by atoms with van der Waals surface area (Å²) in [6, 6.07) is 22.6. The normalized spacial score (nSPS) is 13.5. The molecule has 4 aromatic rings. The first kappa shape index (κ1) is 24.9. The second-order valence-electron chi connectivity index (χ2n) is 9.46. The van der Waals surface area contributed by atoms with E-state index in [0.717, 1.165) is 29.5 Å². The molecule has 0 atom stereocenters. The third kappa shape index (κ3) is 5.64. The molecule has 0 aliphatic heterocycles. The molecule has 0 spiro atoms. The lowest BCUT2D eigenvalue weighted by atomic mass is 10.1. The molecule has 1 aliphatic rings. The Balaban J connectivity index is 1.51. The van der Waals surface area contributed by atoms with Gasteiger partial charge in [0.1, 0.15) is 5.82 Å². The van der Waals surface area contributed by atoms with Crippen LogP contribution in [0.25, 0.3) is 0 Å². The molecule has 1 saturated carbocycles. The predicted octanol–water partition coefficient (Wildman–Crippen LogP) is 5.16. The fraction of sp³-hybridized carbons (Fsp3) is 0.241. The van der Waals surface area contributed by atoms with Crippen LogP contribution in [0, 0.1) is 12.7 Å². The van der Waals surface area contributed by atoms with Gasteiger partial charge in [-0.15, -0.1) is 0 Å². The smallest absolute Gasteiger partial charge is 0.254 e. The van der Waals surface area contributed by atoms with Gasteiger partial charge in [0.15, 0.2) is 0 Å². The Morgan fingerprint density at radius 1 is 1.00 bits per heavy atom. The van der Waals surface area contributed by atoms with Crippen molar-refractivity contribution in [2.75, 3.05) is 0 Å². The summed E-state index contributed by atoms with van der Waals surface area (Å²) in [5.41, 5.74) is 3.59. The second kappa shape index (κ2) is 10.3. The zero-order valence-corrected chi connectivity index (χ0v) is 21.4. The predicted molar refractivity (Wildman–Crippen MR) is 139 cm³/mol. The van der Waals surface area contributed by atoms with Gasteiger partial charge in [-0.05, 0) is 60.7 Å². The molecule has 190 valence electrons. The lowest BCUT2D eigenvalue weighted by molar-refractivity contribution is 0.0725. The topological polar surface area (TPSA) is 72.3 Å². The zero-order valence-electron chi connectivity index (χ0n) is 20.5. The number of imidazole rings is 1. The standard InChI is InChI=1S/C29H28FN3O3S/c1-21-7-5-6-10-24(21)20-37(35,36)29-31-17-27(33(29)18-22-8-3-2-4-9-22)19-32(26-15-16-26)28(34)23-11-13-25(30)14-12-23/h2-14,17,26H,15-16,18-20H2,1H3. The minimum absolute atomic E-state index is 0.0143. The summed E-state index contributed by atoms with van der Waals surface area (Å²) in [5, 5.41) is -0.0143. The summed E-state index contributed by atoms with van der Waals surface area (Å²) >= 11 is 0. The Morgan fingerprint density at radius 3 is 2.35 bits per heavy atom. The molecule has 37 heavy (non-hydrogen) atoms. The summed E-state index contributed by atoms with van der Waals surface area (Å²) in [6.07, 6.45) is 3.30. The fourth-order valence-corrected chi connectivity index (χ4v) is 6.02. The van der Waals surface area contributed by atoms with Crippen LogP contribution in [0.5, 0.6) is 0 Å². The number of carbonyl (C=O) groups excluding carboxylic acids is 1. The molecule has 0 radical (unpaired) electrons. The van der Waals surface area contributed by atoms with Gasteiger partial charge in [0.2, 0.25) is 15.0 Å². The highest BCUT2D eigenvalue weighted by molar-refractivity contribution is 7.90. The number of hydrogen-bond acceptors (Lipinski definition) is 4. The van der Waals surface area contributed by atoms with Crippen molar-refractivity contribution in [3.8, 4) is 0 Å². The fourth-order valence-electron chi connectivity index (χ4n) is 4.43. The average molecular weight is 518 g/mol. The van der Waals surface area contributed by atoms with Crippen LogP contribution >= 0.6 is 0 Å². The van der Waals surface area contributed by atoms with Crippen molar-refractivity contribution in [2.24, 2.45) is 0 Å². The van der Waals surface area contributed by atoms with Crippen LogP contribution in [0.2, 0.25) is 0 Å². The maximum absolute atomic E-state index is 13.6. The van der Waals surface area contributed by atoms with E-state index in [4.69, 9.17) is 0 Å². The van der Waals surface area contributed by atoms with Gasteiger partial charge in [0, 0.05) is 11.6 Å². The highest BCUT2D eigenvalue weighted by Crippen LogP contribution is 2.31. The average Bonchev–Trinajstić information content (AvgIpc) is 3.65. The highest BCUT2D eigenvalue weighted by Gasteiger charge is 2.35. The van der Waals surface area contributed by atoms with Crippen molar-refractivity contribution in [3.05, 3.63) is 119 Å². The van der Waals surface area contributed by atoms with Crippen molar-refractivity contribution in [1.82, 2.24) is 14.5 Å². The Hall–Kier alpha value is -3.78. The van der Waals surface area contributed by atoms with Crippen molar-refractivity contribution in [1.29, 1.82) is 0 Å². The number of aryl methyl sites for hydroxylation is 1. The monoisotopic (exact) mass is 517 g/mol. The quantitative estimate of drug-likeness (QED) is 0.308. The van der Waals surface area contributed by atoms with Crippen LogP contribution in [0.3, 0.4) is 0 Å². The van der Waals surface area contributed by atoms with Gasteiger partial charge in [-0.25, -0.2) is 17.8 Å². The number of nitrogens with zero attached hydrogens (tertiary/aromatic N) is 3. The third-order valence-electron chi connectivity index (χ3n) is 6.64. The van der Waals surface area contributed by atoms with Gasteiger partial charge >= 0.3 is 0 Å². The molecule has 1 heterocycles. The molecule has 1 aromatic heterocycles. The number of benzene rings is 3. The van der Waals surface area contributed by atoms with E-state index in [1.165, 1.54) is 24.3 Å². The van der Waals surface area contributed by atoms with E-state index in [1.807, 2.05) is 61.5 Å². The van der Waals surface area contributed by atoms with Gasteiger partial charge in [-0.3, -0.25) is 4.79 Å². The number of aromatic nitrogens is 2. The number of halogens is 1. The first-order valence-corrected chi connectivity index (χ1v) is 13.9. The van der Waals surface area contributed by atoms with Crippen molar-refractivity contribution in [3.63, 3.8) is 0 Å². The number of rotatable bonds is 9. The minimum Gasteiger partial charge on any atom is -0.330 e. The van der Waals surface area contributed by atoms with E-state index in [9.17, 15) is 17.6 Å². The number of sulfone groups is 1. The van der Waals surface area contributed by atoms with Crippen LogP contribution < -0.4 is 0 Å². The summed E-state index contributed by atoms with van der Waals surface area (Å²) in [7, 11) is -3.78. The molecular weight excluding hydrogens is 489 g/mol. The summed E-state index contributed by atoms with van der Waals surface area (Å²) in [4.78, 5) is 19.5. The maximum atomic E-state index is 13.6. The molecule has 0 unspecified atom stereocenters. The van der Waals surface area contributed by atoms with Crippen LogP contribution in [0.15, 0.2) is 90.2 Å². The summed E-state index contributed by atoms with van der Waals surface area (Å²) < 4.78 is 42.3. The van der Waals surface area contributed by atoms with Crippen LogP contribution in [-0.2, 0) is 28.7 Å². The lowest BCUT2D eigenvalue weighted by Gasteiger charge is -2.23. The Bertz CT molecular complexity index is 1510. The molecule has 0 bridgehead atoms. The van der Waals surface area contributed by atoms with E-state index in [0.29, 0.717) is 17.8 Å². The highest BCUT2D eigenvalue weighted by atomic mass is 32.2. The molecule has 5 rings (SSSR count). The van der Waals surface area contributed by atoms with Crippen molar-refractivity contribution < 1.29 is 17.6 Å². The van der Waals surface area contributed by atoms with Gasteiger partial charge < -0.3 is 9.47 Å². The third-order valence-corrected chi connectivity index (χ3v) is 8.22. The zero-order chi connectivity index (χ0) is 26.0. The SMILES string of the molecule is Cc1ccccc1CS(=O)(=O)c1ncc(CN(C(=O)c2ccc(F)cc2)C2CC2)n1Cc1ccccc1. The van der Waals surface area contributed by atoms with Crippen LogP contribution in [-0.4, -0.2) is 34.8 Å². The molecule has 6 nitrogen and oxygen atoms in total. The van der Waals surface area contributed by atoms with E-state index in [1.54, 1.807) is 15.7 Å². The number of hydrogen-bond donors (Lipinski definition) is 0. The molecule has 1 aliphatic carbocycles. The Labute approximate surface area is 216 Å². The Kier molecular flexibility index (Phi) is 6.93. The molecular formula is C29H28FN3O3S. The van der Waals surface area contributed by atoms with Gasteiger partial charge in [0.05, 0.1) is 30.7 Å². The minimum atomic E-state index is -3.78. The lowest BCUT2D eigenvalue weighted by Crippen LogP contribution is -2.33. The summed E-state index contributed by atoms with van der Waals surface area (Å²) in [5.74, 6) is -0.774. The van der Waals surface area contributed by atoms with Crippen molar-refractivity contribution >= 4 is 15.7 Å². The first-order valence-electron chi connectivity index (χ1n) is 12.2. The maximum Gasteiger partial charge on any atom is 0.254 e.